The topological polar surface area (TPSA) is 68.0 Å². The molecule has 0 spiro atoms. The molecule has 6 heteroatoms. The van der Waals surface area contributed by atoms with Crippen LogP contribution >= 0.6 is 11.8 Å². The number of nitrogens with one attached hydrogen (secondary N) is 1. The number of hydrogen-bond donors (Lipinski definition) is 1. The van der Waals surface area contributed by atoms with Crippen molar-refractivity contribution in [3.63, 3.8) is 0 Å². The molecule has 0 radical (unpaired) electrons. The molecule has 5 nitrogen and oxygen atoms in total. The molecule has 1 aliphatic carbocycles. The van der Waals surface area contributed by atoms with E-state index in [4.69, 9.17) is 4.42 Å². The maximum Gasteiger partial charge on any atom is 0.230 e. The molecule has 0 saturated heterocycles. The van der Waals surface area contributed by atoms with Crippen LogP contribution in [-0.4, -0.2) is 21.6 Å². The number of hydrogen-bond acceptors (Lipinski definition) is 5. The van der Waals surface area contributed by atoms with Crippen LogP contribution in [0, 0.1) is 5.92 Å². The van der Waals surface area contributed by atoms with Gasteiger partial charge in [-0.25, -0.2) is 9.97 Å². The average Bonchev–Trinajstić information content (AvgIpc) is 3.48. The minimum atomic E-state index is 0.0167. The van der Waals surface area contributed by atoms with E-state index in [1.807, 2.05) is 54.6 Å². The highest BCUT2D eigenvalue weighted by atomic mass is 32.2. The molecule has 2 heterocycles. The quantitative estimate of drug-likeness (QED) is 0.330. The van der Waals surface area contributed by atoms with Crippen LogP contribution in [-0.2, 0) is 4.79 Å². The zero-order valence-electron chi connectivity index (χ0n) is 16.3. The molecule has 2 aromatic carbocycles. The number of carbonyl (C=O) groups excluding carboxylic acids is 1. The van der Waals surface area contributed by atoms with Crippen LogP contribution in [0.2, 0.25) is 0 Å². The molecule has 0 bridgehead atoms. The number of amides is 1. The van der Waals surface area contributed by atoms with Gasteiger partial charge in [0.25, 0.3) is 0 Å². The van der Waals surface area contributed by atoms with Gasteiger partial charge in [-0.1, -0.05) is 60.3 Å². The first kappa shape index (κ1) is 18.9. The summed E-state index contributed by atoms with van der Waals surface area (Å²) < 4.78 is 5.47. The molecule has 1 atom stereocenters. The molecular weight excluding hydrogens is 394 g/mol. The summed E-state index contributed by atoms with van der Waals surface area (Å²) in [4.78, 5) is 22.1. The molecular formula is C24H21N3O2S. The highest BCUT2D eigenvalue weighted by molar-refractivity contribution is 8.00. The molecule has 2 aromatic heterocycles. The monoisotopic (exact) mass is 415 g/mol. The number of nitrogens with zero attached hydrogens (tertiary/aromatic N) is 2. The standard InChI is InChI=1S/C24H21N3O2S/c28-21(26-22(17-12-13-17)16-7-2-1-3-8-16)15-30-24-18-9-4-5-10-19(18)25-23(27-24)20-11-6-14-29-20/h1-11,14,17,22H,12-13,15H2,(H,26,28). The second kappa shape index (κ2) is 8.32. The van der Waals surface area contributed by atoms with E-state index < -0.39 is 0 Å². The number of benzene rings is 2. The minimum absolute atomic E-state index is 0.0167. The third-order valence-electron chi connectivity index (χ3n) is 5.22. The lowest BCUT2D eigenvalue weighted by molar-refractivity contribution is -0.119. The second-order valence-electron chi connectivity index (χ2n) is 7.43. The highest BCUT2D eigenvalue weighted by Crippen LogP contribution is 2.41. The Kier molecular flexibility index (Phi) is 5.24. The van der Waals surface area contributed by atoms with Gasteiger partial charge in [0.15, 0.2) is 11.6 Å². The first-order valence-electron chi connectivity index (χ1n) is 10.1. The molecule has 1 aliphatic rings. The summed E-state index contributed by atoms with van der Waals surface area (Å²) in [5, 5.41) is 4.95. The Morgan fingerprint density at radius 3 is 2.60 bits per heavy atom. The van der Waals surface area contributed by atoms with Crippen LogP contribution in [0.5, 0.6) is 0 Å². The Morgan fingerprint density at radius 1 is 1.03 bits per heavy atom. The fourth-order valence-corrected chi connectivity index (χ4v) is 4.42. The molecule has 5 rings (SSSR count). The van der Waals surface area contributed by atoms with E-state index in [-0.39, 0.29) is 11.9 Å². The number of thioether (sulfide) groups is 1. The van der Waals surface area contributed by atoms with E-state index in [1.165, 1.54) is 17.3 Å². The first-order valence-corrected chi connectivity index (χ1v) is 11.0. The molecule has 1 N–H and O–H groups in total. The second-order valence-corrected chi connectivity index (χ2v) is 8.39. The fraction of sp³-hybridized carbons (Fsp3) is 0.208. The van der Waals surface area contributed by atoms with Gasteiger partial charge in [0, 0.05) is 5.39 Å². The Balaban J connectivity index is 1.35. The van der Waals surface area contributed by atoms with Crippen molar-refractivity contribution in [3.05, 3.63) is 78.6 Å². The normalized spacial score (nSPS) is 14.5. The van der Waals surface area contributed by atoms with Crippen LogP contribution in [0.25, 0.3) is 22.5 Å². The summed E-state index contributed by atoms with van der Waals surface area (Å²) in [6.45, 7) is 0. The molecule has 1 amide bonds. The zero-order valence-corrected chi connectivity index (χ0v) is 17.1. The van der Waals surface area contributed by atoms with Gasteiger partial charge >= 0.3 is 0 Å². The smallest absolute Gasteiger partial charge is 0.230 e. The number of rotatable bonds is 7. The highest BCUT2D eigenvalue weighted by Gasteiger charge is 2.33. The maximum absolute atomic E-state index is 12.8. The summed E-state index contributed by atoms with van der Waals surface area (Å²) in [6.07, 6.45) is 3.93. The maximum atomic E-state index is 12.8. The van der Waals surface area contributed by atoms with Crippen molar-refractivity contribution in [2.45, 2.75) is 23.9 Å². The van der Waals surface area contributed by atoms with Crippen molar-refractivity contribution in [1.82, 2.24) is 15.3 Å². The number of aromatic nitrogens is 2. The van der Waals surface area contributed by atoms with Crippen molar-refractivity contribution in [2.75, 3.05) is 5.75 Å². The van der Waals surface area contributed by atoms with Crippen molar-refractivity contribution in [3.8, 4) is 11.6 Å². The molecule has 30 heavy (non-hydrogen) atoms. The lowest BCUT2D eigenvalue weighted by Gasteiger charge is -2.18. The third-order valence-corrected chi connectivity index (χ3v) is 6.21. The van der Waals surface area contributed by atoms with Gasteiger partial charge < -0.3 is 9.73 Å². The Labute approximate surface area is 178 Å². The van der Waals surface area contributed by atoms with Gasteiger partial charge in [0.2, 0.25) is 5.91 Å². The van der Waals surface area contributed by atoms with Gasteiger partial charge in [-0.15, -0.1) is 0 Å². The summed E-state index contributed by atoms with van der Waals surface area (Å²) in [7, 11) is 0. The molecule has 150 valence electrons. The fourth-order valence-electron chi connectivity index (χ4n) is 3.59. The van der Waals surface area contributed by atoms with E-state index in [2.05, 4.69) is 27.4 Å². The van der Waals surface area contributed by atoms with Crippen molar-refractivity contribution >= 4 is 28.6 Å². The minimum Gasteiger partial charge on any atom is -0.461 e. The lowest BCUT2D eigenvalue weighted by Crippen LogP contribution is -2.31. The SMILES string of the molecule is O=C(CSc1nc(-c2ccco2)nc2ccccc12)NC(c1ccccc1)C1CC1. The predicted octanol–water partition coefficient (Wildman–Crippen LogP) is 5.25. The number of furan rings is 1. The van der Waals surface area contributed by atoms with Gasteiger partial charge in [0.05, 0.1) is 23.6 Å². The van der Waals surface area contributed by atoms with Crippen LogP contribution < -0.4 is 5.32 Å². The molecule has 1 unspecified atom stereocenters. The largest absolute Gasteiger partial charge is 0.461 e. The summed E-state index contributed by atoms with van der Waals surface area (Å²) >= 11 is 1.43. The van der Waals surface area contributed by atoms with Crippen molar-refractivity contribution < 1.29 is 9.21 Å². The number of para-hydroxylation sites is 1. The van der Waals surface area contributed by atoms with Gasteiger partial charge in [-0.2, -0.15) is 0 Å². The summed E-state index contributed by atoms with van der Waals surface area (Å²) in [5.74, 6) is 2.00. The molecule has 1 fully saturated rings. The van der Waals surface area contributed by atoms with Crippen LogP contribution in [0.4, 0.5) is 0 Å². The first-order chi connectivity index (χ1) is 14.8. The van der Waals surface area contributed by atoms with Gasteiger partial charge in [-0.3, -0.25) is 4.79 Å². The Morgan fingerprint density at radius 2 is 1.83 bits per heavy atom. The molecule has 4 aromatic rings. The Hall–Kier alpha value is -3.12. The van der Waals surface area contributed by atoms with Crippen LogP contribution in [0.15, 0.2) is 82.4 Å². The Bertz CT molecular complexity index is 1160. The summed E-state index contributed by atoms with van der Waals surface area (Å²) in [5.41, 5.74) is 2.01. The van der Waals surface area contributed by atoms with E-state index >= 15 is 0 Å². The number of fused-ring (bicyclic) bond motifs is 1. The van der Waals surface area contributed by atoms with Crippen LogP contribution in [0.3, 0.4) is 0 Å². The average molecular weight is 416 g/mol. The van der Waals surface area contributed by atoms with Crippen molar-refractivity contribution in [2.24, 2.45) is 5.92 Å². The molecule has 0 aliphatic heterocycles. The molecule has 1 saturated carbocycles. The van der Waals surface area contributed by atoms with Crippen LogP contribution in [0.1, 0.15) is 24.4 Å². The predicted molar refractivity (Wildman–Crippen MR) is 118 cm³/mol. The lowest BCUT2D eigenvalue weighted by atomic mass is 10.0. The van der Waals surface area contributed by atoms with Crippen molar-refractivity contribution in [1.29, 1.82) is 0 Å². The number of carbonyl (C=O) groups is 1. The van der Waals surface area contributed by atoms with E-state index in [0.717, 1.165) is 28.8 Å². The van der Waals surface area contributed by atoms with E-state index in [1.54, 1.807) is 6.26 Å². The van der Waals surface area contributed by atoms with Gasteiger partial charge in [0.1, 0.15) is 5.03 Å². The van der Waals surface area contributed by atoms with E-state index in [0.29, 0.717) is 23.3 Å². The van der Waals surface area contributed by atoms with E-state index in [9.17, 15) is 4.79 Å². The zero-order chi connectivity index (χ0) is 20.3. The summed E-state index contributed by atoms with van der Waals surface area (Å²) in [6, 6.07) is 21.8. The van der Waals surface area contributed by atoms with Gasteiger partial charge in [-0.05, 0) is 42.5 Å². The third kappa shape index (κ3) is 4.09.